The largest absolute Gasteiger partial charge is 0.462 e. The molecule has 0 saturated carbocycles. The standard InChI is InChI=1S/C18H14INO3/c1-2-23-18(22)15-16(11-7-9-12(19)10-8-11)20-14-6-4-3-5-13(14)17(15)21/h3-10H,2H2,1H3,(H,20,21). The van der Waals surface area contributed by atoms with Crippen LogP contribution in [0.2, 0.25) is 0 Å². The van der Waals surface area contributed by atoms with Crippen molar-refractivity contribution in [2.24, 2.45) is 0 Å². The fraction of sp³-hybridized carbons (Fsp3) is 0.111. The normalized spacial score (nSPS) is 10.7. The summed E-state index contributed by atoms with van der Waals surface area (Å²) in [5.74, 6) is -0.604. The topological polar surface area (TPSA) is 59.2 Å². The summed E-state index contributed by atoms with van der Waals surface area (Å²) in [6.07, 6.45) is 0. The van der Waals surface area contributed by atoms with Crippen molar-refractivity contribution in [3.05, 3.63) is 67.9 Å². The number of H-pyrrole nitrogens is 1. The molecule has 116 valence electrons. The van der Waals surface area contributed by atoms with Crippen molar-refractivity contribution in [3.8, 4) is 11.3 Å². The number of aromatic nitrogens is 1. The first-order chi connectivity index (χ1) is 11.1. The second-order valence-electron chi connectivity index (χ2n) is 4.98. The van der Waals surface area contributed by atoms with Crippen molar-refractivity contribution in [2.75, 3.05) is 6.61 Å². The second kappa shape index (κ2) is 6.54. The van der Waals surface area contributed by atoms with E-state index in [1.54, 1.807) is 19.1 Å². The van der Waals surface area contributed by atoms with E-state index in [0.29, 0.717) is 16.6 Å². The number of ether oxygens (including phenoxy) is 1. The number of fused-ring (bicyclic) bond motifs is 1. The molecule has 0 unspecified atom stereocenters. The minimum Gasteiger partial charge on any atom is -0.462 e. The number of carbonyl (C=O) groups is 1. The lowest BCUT2D eigenvalue weighted by atomic mass is 10.0. The highest BCUT2D eigenvalue weighted by Crippen LogP contribution is 2.24. The van der Waals surface area contributed by atoms with Gasteiger partial charge in [0.05, 0.1) is 12.3 Å². The van der Waals surface area contributed by atoms with Gasteiger partial charge in [-0.15, -0.1) is 0 Å². The Bertz CT molecular complexity index is 929. The molecule has 0 saturated heterocycles. The van der Waals surface area contributed by atoms with Gasteiger partial charge < -0.3 is 9.72 Å². The van der Waals surface area contributed by atoms with Crippen LogP contribution in [-0.2, 0) is 4.74 Å². The number of hydrogen-bond donors (Lipinski definition) is 1. The van der Waals surface area contributed by atoms with Gasteiger partial charge in [0.25, 0.3) is 0 Å². The van der Waals surface area contributed by atoms with Crippen molar-refractivity contribution >= 4 is 39.5 Å². The Labute approximate surface area is 146 Å². The number of rotatable bonds is 3. The highest BCUT2D eigenvalue weighted by molar-refractivity contribution is 14.1. The van der Waals surface area contributed by atoms with E-state index in [1.807, 2.05) is 36.4 Å². The molecule has 0 fully saturated rings. The zero-order chi connectivity index (χ0) is 16.4. The zero-order valence-corrected chi connectivity index (χ0v) is 14.6. The molecule has 0 atom stereocenters. The van der Waals surface area contributed by atoms with Crippen LogP contribution in [0, 0.1) is 3.57 Å². The maximum absolute atomic E-state index is 12.8. The van der Waals surface area contributed by atoms with Crippen molar-refractivity contribution in [1.29, 1.82) is 0 Å². The van der Waals surface area contributed by atoms with E-state index in [4.69, 9.17) is 4.74 Å². The lowest BCUT2D eigenvalue weighted by Gasteiger charge is -2.11. The van der Waals surface area contributed by atoms with Gasteiger partial charge in [-0.1, -0.05) is 24.3 Å². The third kappa shape index (κ3) is 3.01. The maximum Gasteiger partial charge on any atom is 0.344 e. The van der Waals surface area contributed by atoms with Gasteiger partial charge in [-0.3, -0.25) is 4.79 Å². The number of aromatic amines is 1. The number of para-hydroxylation sites is 1. The Morgan fingerprint density at radius 3 is 2.52 bits per heavy atom. The highest BCUT2D eigenvalue weighted by atomic mass is 127. The van der Waals surface area contributed by atoms with Crippen molar-refractivity contribution < 1.29 is 9.53 Å². The molecular formula is C18H14INO3. The number of halogens is 1. The molecule has 3 rings (SSSR count). The predicted octanol–water partition coefficient (Wildman–Crippen LogP) is 3.98. The Morgan fingerprint density at radius 2 is 1.83 bits per heavy atom. The summed E-state index contributed by atoms with van der Waals surface area (Å²) < 4.78 is 6.16. The summed E-state index contributed by atoms with van der Waals surface area (Å²) in [6, 6.07) is 14.8. The first-order valence-electron chi connectivity index (χ1n) is 7.20. The Kier molecular flexibility index (Phi) is 4.47. The summed E-state index contributed by atoms with van der Waals surface area (Å²) in [7, 11) is 0. The average molecular weight is 419 g/mol. The minimum absolute atomic E-state index is 0.0479. The molecule has 1 N–H and O–H groups in total. The summed E-state index contributed by atoms with van der Waals surface area (Å²) >= 11 is 2.21. The van der Waals surface area contributed by atoms with Gasteiger partial charge in [0.1, 0.15) is 5.56 Å². The number of pyridine rings is 1. The van der Waals surface area contributed by atoms with Crippen molar-refractivity contribution in [1.82, 2.24) is 4.98 Å². The molecule has 0 spiro atoms. The first-order valence-corrected chi connectivity index (χ1v) is 8.27. The van der Waals surface area contributed by atoms with Crippen molar-refractivity contribution in [2.45, 2.75) is 6.92 Å². The zero-order valence-electron chi connectivity index (χ0n) is 12.4. The van der Waals surface area contributed by atoms with E-state index in [-0.39, 0.29) is 17.6 Å². The van der Waals surface area contributed by atoms with Gasteiger partial charge in [0.2, 0.25) is 5.43 Å². The van der Waals surface area contributed by atoms with E-state index < -0.39 is 5.97 Å². The molecule has 0 bridgehead atoms. The maximum atomic E-state index is 12.8. The van der Waals surface area contributed by atoms with E-state index in [2.05, 4.69) is 27.6 Å². The second-order valence-corrected chi connectivity index (χ2v) is 6.22. The molecule has 23 heavy (non-hydrogen) atoms. The molecule has 2 aromatic carbocycles. The quantitative estimate of drug-likeness (QED) is 0.516. The van der Waals surface area contributed by atoms with Crippen LogP contribution < -0.4 is 5.43 Å². The Balaban J connectivity index is 2.34. The van der Waals surface area contributed by atoms with Crippen LogP contribution in [-0.4, -0.2) is 17.6 Å². The van der Waals surface area contributed by atoms with Crippen LogP contribution in [0.15, 0.2) is 53.3 Å². The SMILES string of the molecule is CCOC(=O)c1c(-c2ccc(I)cc2)[nH]c2ccccc2c1=O. The molecule has 0 radical (unpaired) electrons. The summed E-state index contributed by atoms with van der Waals surface area (Å²) in [5.41, 5.74) is 1.69. The lowest BCUT2D eigenvalue weighted by Crippen LogP contribution is -2.20. The van der Waals surface area contributed by atoms with Crippen LogP contribution in [0.25, 0.3) is 22.2 Å². The molecule has 4 nitrogen and oxygen atoms in total. The Hall–Kier alpha value is -2.15. The molecule has 0 aliphatic carbocycles. The van der Waals surface area contributed by atoms with Crippen LogP contribution in [0.1, 0.15) is 17.3 Å². The summed E-state index contributed by atoms with van der Waals surface area (Å²) in [5, 5.41) is 0.477. The molecular weight excluding hydrogens is 405 g/mol. The number of carbonyl (C=O) groups excluding carboxylic acids is 1. The monoisotopic (exact) mass is 419 g/mol. The van der Waals surface area contributed by atoms with E-state index >= 15 is 0 Å². The smallest absolute Gasteiger partial charge is 0.344 e. The van der Waals surface area contributed by atoms with Gasteiger partial charge in [0.15, 0.2) is 0 Å². The molecule has 0 amide bonds. The van der Waals surface area contributed by atoms with E-state index in [0.717, 1.165) is 9.13 Å². The van der Waals surface area contributed by atoms with Crippen LogP contribution in [0.5, 0.6) is 0 Å². The van der Waals surface area contributed by atoms with Gasteiger partial charge in [-0.05, 0) is 59.3 Å². The van der Waals surface area contributed by atoms with Gasteiger partial charge in [0, 0.05) is 14.5 Å². The number of esters is 1. The summed E-state index contributed by atoms with van der Waals surface area (Å²) in [6.45, 7) is 1.94. The molecule has 0 aliphatic rings. The van der Waals surface area contributed by atoms with Crippen molar-refractivity contribution in [3.63, 3.8) is 0 Å². The molecule has 1 aromatic heterocycles. The lowest BCUT2D eigenvalue weighted by molar-refractivity contribution is 0.0525. The minimum atomic E-state index is -0.604. The predicted molar refractivity (Wildman–Crippen MR) is 98.7 cm³/mol. The Morgan fingerprint density at radius 1 is 1.13 bits per heavy atom. The fourth-order valence-corrected chi connectivity index (χ4v) is 2.83. The van der Waals surface area contributed by atoms with Crippen LogP contribution >= 0.6 is 22.6 Å². The molecule has 0 aliphatic heterocycles. The van der Waals surface area contributed by atoms with Gasteiger partial charge >= 0.3 is 5.97 Å². The van der Waals surface area contributed by atoms with E-state index in [9.17, 15) is 9.59 Å². The van der Waals surface area contributed by atoms with Gasteiger partial charge in [-0.25, -0.2) is 4.79 Å². The van der Waals surface area contributed by atoms with Gasteiger partial charge in [-0.2, -0.15) is 0 Å². The molecule has 5 heteroatoms. The molecule has 3 aromatic rings. The third-order valence-electron chi connectivity index (χ3n) is 3.52. The third-order valence-corrected chi connectivity index (χ3v) is 4.24. The fourth-order valence-electron chi connectivity index (χ4n) is 2.47. The van der Waals surface area contributed by atoms with E-state index in [1.165, 1.54) is 0 Å². The van der Waals surface area contributed by atoms with Crippen LogP contribution in [0.4, 0.5) is 0 Å². The molecule has 1 heterocycles. The highest BCUT2D eigenvalue weighted by Gasteiger charge is 2.21. The summed E-state index contributed by atoms with van der Waals surface area (Å²) in [4.78, 5) is 28.3. The number of hydrogen-bond acceptors (Lipinski definition) is 3. The number of nitrogens with one attached hydrogen (secondary N) is 1. The van der Waals surface area contributed by atoms with Crippen LogP contribution in [0.3, 0.4) is 0 Å². The first kappa shape index (κ1) is 15.7. The average Bonchev–Trinajstić information content (AvgIpc) is 2.55. The number of benzene rings is 2.